The molecule has 0 aromatic heterocycles. The van der Waals surface area contributed by atoms with E-state index in [1.54, 1.807) is 0 Å². The molecule has 0 heterocycles. The van der Waals surface area contributed by atoms with E-state index in [0.29, 0.717) is 0 Å². The molecule has 0 N–H and O–H groups in total. The maximum absolute atomic E-state index is 5.81. The third kappa shape index (κ3) is 4.60. The van der Waals surface area contributed by atoms with Crippen molar-refractivity contribution in [3.8, 4) is 0 Å². The van der Waals surface area contributed by atoms with E-state index in [2.05, 4.69) is 20.4 Å². The maximum Gasteiger partial charge on any atom is 0.364 e. The third-order valence-electron chi connectivity index (χ3n) is 2.04. The summed E-state index contributed by atoms with van der Waals surface area (Å²) in [5.41, 5.74) is 1.90. The van der Waals surface area contributed by atoms with Crippen LogP contribution in [0.1, 0.15) is 33.6 Å². The van der Waals surface area contributed by atoms with E-state index >= 15 is 0 Å². The Morgan fingerprint density at radius 2 is 1.92 bits per heavy atom. The van der Waals surface area contributed by atoms with Crippen LogP contribution in [-0.2, 0) is 8.85 Å². The number of rotatable bonds is 8. The molecule has 0 saturated heterocycles. The van der Waals surface area contributed by atoms with Gasteiger partial charge in [0, 0.05) is 13.2 Å². The topological polar surface area (TPSA) is 18.5 Å². The Hall–Kier alpha value is -0.123. The molecule has 0 aliphatic rings. The highest BCUT2D eigenvalue weighted by Crippen LogP contribution is 2.14. The minimum absolute atomic E-state index is 0.720. The van der Waals surface area contributed by atoms with Crippen LogP contribution in [0.25, 0.3) is 0 Å². The van der Waals surface area contributed by atoms with Crippen LogP contribution in [0, 0.1) is 0 Å². The van der Waals surface area contributed by atoms with Gasteiger partial charge in [0.15, 0.2) is 0 Å². The standard InChI is InChI=1S/C10H22O2Si/c1-5-9-10-12-13(7-3,8-4)11-6-2/h7H,3,5-6,8-10H2,1-2,4H3. The summed E-state index contributed by atoms with van der Waals surface area (Å²) in [5.74, 6) is 0. The predicted octanol–water partition coefficient (Wildman–Crippen LogP) is 3.03. The second-order valence-electron chi connectivity index (χ2n) is 3.00. The van der Waals surface area contributed by atoms with Crippen LogP contribution in [0.3, 0.4) is 0 Å². The van der Waals surface area contributed by atoms with Crippen molar-refractivity contribution in [3.63, 3.8) is 0 Å². The Labute approximate surface area is 83.2 Å². The Morgan fingerprint density at radius 1 is 1.23 bits per heavy atom. The molecule has 1 unspecified atom stereocenters. The Kier molecular flexibility index (Phi) is 7.23. The van der Waals surface area contributed by atoms with E-state index in [4.69, 9.17) is 8.85 Å². The Morgan fingerprint density at radius 3 is 2.31 bits per heavy atom. The molecular weight excluding hydrogens is 180 g/mol. The minimum atomic E-state index is -2.02. The fourth-order valence-corrected chi connectivity index (χ4v) is 3.14. The normalized spacial score (nSPS) is 15.3. The van der Waals surface area contributed by atoms with E-state index in [0.717, 1.165) is 32.1 Å². The van der Waals surface area contributed by atoms with E-state index in [-0.39, 0.29) is 0 Å². The summed E-state index contributed by atoms with van der Waals surface area (Å²) in [4.78, 5) is 0. The predicted molar refractivity (Wildman–Crippen MR) is 58.9 cm³/mol. The van der Waals surface area contributed by atoms with E-state index < -0.39 is 8.56 Å². The average Bonchev–Trinajstić information content (AvgIpc) is 2.17. The summed E-state index contributed by atoms with van der Waals surface area (Å²) < 4.78 is 11.5. The fraction of sp³-hybridized carbons (Fsp3) is 0.800. The van der Waals surface area contributed by atoms with Crippen LogP contribution in [0.4, 0.5) is 0 Å². The van der Waals surface area contributed by atoms with Crippen LogP contribution < -0.4 is 0 Å². The van der Waals surface area contributed by atoms with Crippen LogP contribution in [-0.4, -0.2) is 21.8 Å². The lowest BCUT2D eigenvalue weighted by Crippen LogP contribution is -2.39. The zero-order valence-corrected chi connectivity index (χ0v) is 10.1. The van der Waals surface area contributed by atoms with Gasteiger partial charge in [0.25, 0.3) is 0 Å². The zero-order chi connectivity index (χ0) is 10.2. The van der Waals surface area contributed by atoms with Gasteiger partial charge in [0.05, 0.1) is 0 Å². The van der Waals surface area contributed by atoms with Gasteiger partial charge in [-0.15, -0.1) is 6.58 Å². The molecule has 0 rings (SSSR count). The molecule has 1 atom stereocenters. The molecule has 2 nitrogen and oxygen atoms in total. The number of hydrogen-bond acceptors (Lipinski definition) is 2. The molecule has 0 saturated carbocycles. The summed E-state index contributed by atoms with van der Waals surface area (Å²) >= 11 is 0. The molecule has 0 spiro atoms. The molecule has 3 heteroatoms. The molecule has 0 aliphatic heterocycles. The van der Waals surface area contributed by atoms with Crippen molar-refractivity contribution in [2.75, 3.05) is 13.2 Å². The van der Waals surface area contributed by atoms with Crippen molar-refractivity contribution in [1.29, 1.82) is 0 Å². The van der Waals surface area contributed by atoms with Gasteiger partial charge < -0.3 is 8.85 Å². The molecule has 0 aromatic rings. The van der Waals surface area contributed by atoms with Crippen LogP contribution >= 0.6 is 0 Å². The minimum Gasteiger partial charge on any atom is -0.392 e. The van der Waals surface area contributed by atoms with Gasteiger partial charge >= 0.3 is 8.56 Å². The molecule has 0 aromatic carbocycles. The molecule has 0 amide bonds. The average molecular weight is 202 g/mol. The quantitative estimate of drug-likeness (QED) is 0.445. The first kappa shape index (κ1) is 12.9. The van der Waals surface area contributed by atoms with Crippen LogP contribution in [0.5, 0.6) is 0 Å². The second kappa shape index (κ2) is 7.30. The molecule has 0 radical (unpaired) electrons. The highest BCUT2D eigenvalue weighted by atomic mass is 28.4. The highest BCUT2D eigenvalue weighted by molar-refractivity contribution is 6.72. The van der Waals surface area contributed by atoms with Gasteiger partial charge in [-0.3, -0.25) is 0 Å². The lowest BCUT2D eigenvalue weighted by molar-refractivity contribution is 0.184. The molecule has 0 fully saturated rings. The first-order chi connectivity index (χ1) is 6.24. The van der Waals surface area contributed by atoms with E-state index in [1.807, 2.05) is 12.6 Å². The number of unbranched alkanes of at least 4 members (excludes halogenated alkanes) is 1. The van der Waals surface area contributed by atoms with Gasteiger partial charge in [-0.2, -0.15) is 0 Å². The largest absolute Gasteiger partial charge is 0.392 e. The maximum atomic E-state index is 5.81. The monoisotopic (exact) mass is 202 g/mol. The third-order valence-corrected chi connectivity index (χ3v) is 5.11. The smallest absolute Gasteiger partial charge is 0.364 e. The van der Waals surface area contributed by atoms with Crippen molar-refractivity contribution in [2.24, 2.45) is 0 Å². The Bertz CT molecular complexity index is 139. The molecule has 13 heavy (non-hydrogen) atoms. The van der Waals surface area contributed by atoms with E-state index in [1.165, 1.54) is 0 Å². The molecule has 0 bridgehead atoms. The van der Waals surface area contributed by atoms with Crippen molar-refractivity contribution in [2.45, 2.75) is 39.7 Å². The van der Waals surface area contributed by atoms with Gasteiger partial charge in [-0.25, -0.2) is 0 Å². The first-order valence-corrected chi connectivity index (χ1v) is 7.26. The Balaban J connectivity index is 3.96. The first-order valence-electron chi connectivity index (χ1n) is 5.16. The van der Waals surface area contributed by atoms with Gasteiger partial charge in [0.1, 0.15) is 0 Å². The second-order valence-corrected chi connectivity index (χ2v) is 6.32. The number of hydrogen-bond donors (Lipinski definition) is 0. The fourth-order valence-electron chi connectivity index (χ4n) is 1.14. The van der Waals surface area contributed by atoms with Crippen molar-refractivity contribution in [3.05, 3.63) is 12.3 Å². The summed E-state index contributed by atoms with van der Waals surface area (Å²) in [7, 11) is -2.02. The van der Waals surface area contributed by atoms with Gasteiger partial charge in [-0.05, 0) is 25.1 Å². The summed E-state index contributed by atoms with van der Waals surface area (Å²) in [6, 6.07) is 0.952. The molecular formula is C10H22O2Si. The lowest BCUT2D eigenvalue weighted by Gasteiger charge is -2.25. The summed E-state index contributed by atoms with van der Waals surface area (Å²) in [6.45, 7) is 11.6. The van der Waals surface area contributed by atoms with Gasteiger partial charge in [-0.1, -0.05) is 20.3 Å². The summed E-state index contributed by atoms with van der Waals surface area (Å²) in [6.07, 6.45) is 2.27. The summed E-state index contributed by atoms with van der Waals surface area (Å²) in [5, 5.41) is 0. The molecule has 0 aliphatic carbocycles. The van der Waals surface area contributed by atoms with Crippen molar-refractivity contribution < 1.29 is 8.85 Å². The SMILES string of the molecule is C=C[Si](CC)(OCC)OCCCC. The van der Waals surface area contributed by atoms with Gasteiger partial charge in [0.2, 0.25) is 0 Å². The van der Waals surface area contributed by atoms with Crippen molar-refractivity contribution in [1.82, 2.24) is 0 Å². The highest BCUT2D eigenvalue weighted by Gasteiger charge is 2.31. The van der Waals surface area contributed by atoms with Crippen LogP contribution in [0.2, 0.25) is 6.04 Å². The van der Waals surface area contributed by atoms with Crippen molar-refractivity contribution >= 4 is 8.56 Å². The van der Waals surface area contributed by atoms with E-state index in [9.17, 15) is 0 Å². The lowest BCUT2D eigenvalue weighted by atomic mass is 10.4. The van der Waals surface area contributed by atoms with Crippen LogP contribution in [0.15, 0.2) is 12.3 Å². The zero-order valence-electron chi connectivity index (χ0n) is 9.14. The molecule has 78 valence electrons.